The number of rotatable bonds is 4. The summed E-state index contributed by atoms with van der Waals surface area (Å²) in [4.78, 5) is 19.9. The summed E-state index contributed by atoms with van der Waals surface area (Å²) in [5, 5.41) is 5.31. The van der Waals surface area contributed by atoms with E-state index in [1.54, 1.807) is 28.7 Å². The number of amides is 1. The average molecular weight is 363 g/mol. The highest BCUT2D eigenvalue weighted by Gasteiger charge is 2.17. The Morgan fingerprint density at radius 1 is 1.30 bits per heavy atom. The van der Waals surface area contributed by atoms with Gasteiger partial charge in [-0.15, -0.1) is 22.7 Å². The van der Waals surface area contributed by atoms with E-state index in [1.807, 2.05) is 29.6 Å². The van der Waals surface area contributed by atoms with Crippen molar-refractivity contribution < 1.29 is 4.79 Å². The molecule has 0 saturated heterocycles. The van der Waals surface area contributed by atoms with Gasteiger partial charge in [0.25, 0.3) is 5.91 Å². The van der Waals surface area contributed by atoms with Gasteiger partial charge in [0.2, 0.25) is 0 Å². The van der Waals surface area contributed by atoms with Crippen LogP contribution in [0.25, 0.3) is 10.6 Å². The molecule has 0 saturated carbocycles. The molecule has 0 N–H and O–H groups in total. The minimum Gasteiger partial charge on any atom is -0.335 e. The van der Waals surface area contributed by atoms with Crippen LogP contribution in [0.3, 0.4) is 0 Å². The van der Waals surface area contributed by atoms with Gasteiger partial charge >= 0.3 is 0 Å². The molecule has 0 bridgehead atoms. The van der Waals surface area contributed by atoms with Crippen LogP contribution < -0.4 is 0 Å². The SMILES string of the molecule is Cc1ccsc1CN(C)C(=O)c1csc(-c2cccc(Cl)c2)n1. The number of benzene rings is 1. The summed E-state index contributed by atoms with van der Waals surface area (Å²) in [6, 6.07) is 9.57. The zero-order valence-corrected chi connectivity index (χ0v) is 15.1. The molecule has 3 aromatic rings. The molecular formula is C17H15ClN2OS2. The molecule has 0 aliphatic heterocycles. The van der Waals surface area contributed by atoms with E-state index in [4.69, 9.17) is 11.6 Å². The Kier molecular flexibility index (Phi) is 4.80. The molecule has 0 radical (unpaired) electrons. The Morgan fingerprint density at radius 2 is 2.13 bits per heavy atom. The smallest absolute Gasteiger partial charge is 0.273 e. The van der Waals surface area contributed by atoms with Crippen molar-refractivity contribution in [3.05, 3.63) is 62.2 Å². The molecule has 6 heteroatoms. The van der Waals surface area contributed by atoms with E-state index in [0.29, 0.717) is 17.3 Å². The first-order valence-corrected chi connectivity index (χ1v) is 9.18. The maximum absolute atomic E-state index is 12.5. The van der Waals surface area contributed by atoms with Crippen molar-refractivity contribution in [2.45, 2.75) is 13.5 Å². The van der Waals surface area contributed by atoms with Crippen molar-refractivity contribution in [2.75, 3.05) is 7.05 Å². The Bertz CT molecular complexity index is 840. The lowest BCUT2D eigenvalue weighted by molar-refractivity contribution is 0.0781. The second-order valence-corrected chi connectivity index (χ2v) is 7.53. The number of carbonyl (C=O) groups is 1. The van der Waals surface area contributed by atoms with Gasteiger partial charge in [0, 0.05) is 27.9 Å². The van der Waals surface area contributed by atoms with E-state index in [9.17, 15) is 4.79 Å². The first kappa shape index (κ1) is 16.2. The van der Waals surface area contributed by atoms with Gasteiger partial charge in [0.15, 0.2) is 0 Å². The van der Waals surface area contributed by atoms with Crippen LogP contribution in [-0.4, -0.2) is 22.8 Å². The monoisotopic (exact) mass is 362 g/mol. The minimum atomic E-state index is -0.0673. The number of nitrogens with zero attached hydrogens (tertiary/aromatic N) is 2. The predicted octanol–water partition coefficient (Wildman–Crippen LogP) is 5.11. The Balaban J connectivity index is 1.77. The summed E-state index contributed by atoms with van der Waals surface area (Å²) in [5.74, 6) is -0.0673. The van der Waals surface area contributed by atoms with E-state index in [0.717, 1.165) is 10.6 Å². The second kappa shape index (κ2) is 6.83. The molecule has 3 nitrogen and oxygen atoms in total. The minimum absolute atomic E-state index is 0.0673. The molecular weight excluding hydrogens is 348 g/mol. The summed E-state index contributed by atoms with van der Waals surface area (Å²) in [7, 11) is 1.81. The molecule has 2 heterocycles. The maximum Gasteiger partial charge on any atom is 0.273 e. The van der Waals surface area contributed by atoms with Crippen LogP contribution in [0.4, 0.5) is 0 Å². The van der Waals surface area contributed by atoms with Gasteiger partial charge in [0.1, 0.15) is 10.7 Å². The standard InChI is InChI=1S/C17H15ClN2OS2/c1-11-6-7-22-15(11)9-20(2)17(21)14-10-23-16(19-14)12-4-3-5-13(18)8-12/h3-8,10H,9H2,1-2H3. The third-order valence-corrected chi connectivity index (χ3v) is 5.62. The van der Waals surface area contributed by atoms with E-state index in [2.05, 4.69) is 18.0 Å². The largest absolute Gasteiger partial charge is 0.335 e. The molecule has 118 valence electrons. The number of thiazole rings is 1. The number of carbonyl (C=O) groups excluding carboxylic acids is 1. The zero-order chi connectivity index (χ0) is 16.4. The van der Waals surface area contributed by atoms with Crippen LogP contribution in [0.15, 0.2) is 41.1 Å². The van der Waals surface area contributed by atoms with Crippen molar-refractivity contribution in [1.29, 1.82) is 0 Å². The fourth-order valence-electron chi connectivity index (χ4n) is 2.17. The van der Waals surface area contributed by atoms with Gasteiger partial charge in [-0.3, -0.25) is 4.79 Å². The highest BCUT2D eigenvalue weighted by atomic mass is 35.5. The molecule has 1 aromatic carbocycles. The van der Waals surface area contributed by atoms with Crippen LogP contribution in [0.1, 0.15) is 20.9 Å². The highest BCUT2D eigenvalue weighted by Crippen LogP contribution is 2.26. The number of halogens is 1. The molecule has 3 rings (SSSR count). The topological polar surface area (TPSA) is 33.2 Å². The zero-order valence-electron chi connectivity index (χ0n) is 12.7. The normalized spacial score (nSPS) is 10.7. The Hall–Kier alpha value is -1.69. The van der Waals surface area contributed by atoms with Crippen LogP contribution >= 0.6 is 34.3 Å². The number of aromatic nitrogens is 1. The summed E-state index contributed by atoms with van der Waals surface area (Å²) in [6.07, 6.45) is 0. The van der Waals surface area contributed by atoms with Crippen molar-refractivity contribution in [3.8, 4) is 10.6 Å². The maximum atomic E-state index is 12.5. The first-order chi connectivity index (χ1) is 11.0. The van der Waals surface area contributed by atoms with E-state index in [-0.39, 0.29) is 5.91 Å². The molecule has 0 spiro atoms. The van der Waals surface area contributed by atoms with Crippen molar-refractivity contribution in [3.63, 3.8) is 0 Å². The fourth-order valence-corrected chi connectivity index (χ4v) is 4.11. The molecule has 23 heavy (non-hydrogen) atoms. The Morgan fingerprint density at radius 3 is 2.83 bits per heavy atom. The van der Waals surface area contributed by atoms with Crippen LogP contribution in [0.5, 0.6) is 0 Å². The third kappa shape index (κ3) is 3.63. The summed E-state index contributed by atoms with van der Waals surface area (Å²) < 4.78 is 0. The lowest BCUT2D eigenvalue weighted by atomic mass is 10.2. The molecule has 0 fully saturated rings. The van der Waals surface area contributed by atoms with Crippen molar-refractivity contribution in [2.24, 2.45) is 0 Å². The Labute approximate surface area is 148 Å². The molecule has 0 unspecified atom stereocenters. The molecule has 0 aliphatic rings. The molecule has 0 aliphatic carbocycles. The van der Waals surface area contributed by atoms with Gasteiger partial charge in [-0.2, -0.15) is 0 Å². The summed E-state index contributed by atoms with van der Waals surface area (Å²) in [5.41, 5.74) is 2.62. The lowest BCUT2D eigenvalue weighted by Gasteiger charge is -2.15. The van der Waals surface area contributed by atoms with Crippen molar-refractivity contribution >= 4 is 40.2 Å². The lowest BCUT2D eigenvalue weighted by Crippen LogP contribution is -2.26. The van der Waals surface area contributed by atoms with Crippen LogP contribution in [0, 0.1) is 6.92 Å². The molecule has 1 amide bonds. The summed E-state index contributed by atoms with van der Waals surface area (Å²) in [6.45, 7) is 2.66. The number of aryl methyl sites for hydroxylation is 1. The van der Waals surface area contributed by atoms with E-state index in [1.165, 1.54) is 21.8 Å². The highest BCUT2D eigenvalue weighted by molar-refractivity contribution is 7.13. The number of hydrogen-bond acceptors (Lipinski definition) is 4. The average Bonchev–Trinajstić information content (AvgIpc) is 3.16. The third-order valence-electron chi connectivity index (χ3n) is 3.49. The van der Waals surface area contributed by atoms with E-state index < -0.39 is 0 Å². The molecule has 2 aromatic heterocycles. The van der Waals surface area contributed by atoms with Crippen molar-refractivity contribution in [1.82, 2.24) is 9.88 Å². The van der Waals surface area contributed by atoms with Gasteiger partial charge in [-0.05, 0) is 36.1 Å². The van der Waals surface area contributed by atoms with Gasteiger partial charge < -0.3 is 4.90 Å². The first-order valence-electron chi connectivity index (χ1n) is 7.04. The van der Waals surface area contributed by atoms with Gasteiger partial charge in [0.05, 0.1) is 6.54 Å². The van der Waals surface area contributed by atoms with Gasteiger partial charge in [-0.1, -0.05) is 23.7 Å². The second-order valence-electron chi connectivity index (χ2n) is 5.24. The van der Waals surface area contributed by atoms with Gasteiger partial charge in [-0.25, -0.2) is 4.98 Å². The summed E-state index contributed by atoms with van der Waals surface area (Å²) >= 11 is 9.13. The predicted molar refractivity (Wildman–Crippen MR) is 97.4 cm³/mol. The molecule has 0 atom stereocenters. The fraction of sp³-hybridized carbons (Fsp3) is 0.176. The quantitative estimate of drug-likeness (QED) is 0.646. The number of hydrogen-bond donors (Lipinski definition) is 0. The van der Waals surface area contributed by atoms with Crippen LogP contribution in [-0.2, 0) is 6.54 Å². The van der Waals surface area contributed by atoms with E-state index >= 15 is 0 Å². The number of thiophene rings is 1. The van der Waals surface area contributed by atoms with Crippen LogP contribution in [0.2, 0.25) is 5.02 Å².